The molecular weight excluding hydrogens is 435 g/mol. The Morgan fingerprint density at radius 3 is 2.85 bits per heavy atom. The molecule has 0 radical (unpaired) electrons. The Balaban J connectivity index is 1.48. The fraction of sp³-hybridized carbons (Fsp3) is 0.750. The number of nitrogens with one attached hydrogen (secondary N) is 1. The predicted octanol–water partition coefficient (Wildman–Crippen LogP) is 3.57. The number of ether oxygens (including phenoxy) is 2. The number of pyridine rings is 1. The van der Waals surface area contributed by atoms with Crippen LogP contribution < -0.4 is 5.32 Å². The summed E-state index contributed by atoms with van der Waals surface area (Å²) in [6.07, 6.45) is 0.180. The Bertz CT molecular complexity index is 863. The van der Waals surface area contributed by atoms with Gasteiger partial charge in [-0.25, -0.2) is 0 Å². The molecule has 0 unspecified atom stereocenters. The van der Waals surface area contributed by atoms with Crippen molar-refractivity contribution < 1.29 is 27.4 Å². The van der Waals surface area contributed by atoms with E-state index in [0.29, 0.717) is 37.4 Å². The fourth-order valence-corrected chi connectivity index (χ4v) is 5.69. The molecule has 0 spiro atoms. The molecule has 6 nitrogen and oxygen atoms in total. The third kappa shape index (κ3) is 4.91. The summed E-state index contributed by atoms with van der Waals surface area (Å²) in [6, 6.07) is 1.55. The number of fused-ring (bicyclic) bond motifs is 1. The molecule has 1 aliphatic carbocycles. The minimum absolute atomic E-state index is 0.00238. The molecule has 9 heteroatoms. The molecular formula is C24H34F3N3O3. The minimum atomic E-state index is -4.44. The van der Waals surface area contributed by atoms with Crippen LogP contribution in [-0.4, -0.2) is 60.8 Å². The van der Waals surface area contributed by atoms with E-state index in [9.17, 15) is 18.0 Å². The summed E-state index contributed by atoms with van der Waals surface area (Å²) in [5.41, 5.74) is -0.121. The van der Waals surface area contributed by atoms with Crippen molar-refractivity contribution in [2.24, 2.45) is 11.3 Å². The number of hydrogen-bond donors (Lipinski definition) is 1. The Kier molecular flexibility index (Phi) is 7.03. The van der Waals surface area contributed by atoms with E-state index in [-0.39, 0.29) is 36.6 Å². The first kappa shape index (κ1) is 24.4. The number of methoxy groups -OCH3 is 1. The second-order valence-corrected chi connectivity index (χ2v) is 9.97. The van der Waals surface area contributed by atoms with Crippen LogP contribution in [0.25, 0.3) is 0 Å². The average Bonchev–Trinajstić information content (AvgIpc) is 3.23. The van der Waals surface area contributed by atoms with Crippen molar-refractivity contribution in [3.05, 3.63) is 29.1 Å². The van der Waals surface area contributed by atoms with Gasteiger partial charge in [0.2, 0.25) is 5.91 Å². The zero-order valence-electron chi connectivity index (χ0n) is 19.6. The van der Waals surface area contributed by atoms with E-state index < -0.39 is 17.2 Å². The first-order chi connectivity index (χ1) is 15.6. The average molecular weight is 470 g/mol. The third-order valence-electron chi connectivity index (χ3n) is 7.79. The standard InChI is InChI=1S/C24H34F3N3O3/c1-15(2)23(7-4-18(11-23)29-20-6-9-33-14-21(20)32-3)22(31)30-8-5-19-16(13-30)10-17(12-28-19)24(25,26)27/h10,12,15,18,20-21,29H,4-9,11,13-14H2,1-3H3/t18-,20-,21-,23-/m0/s1. The van der Waals surface area contributed by atoms with Gasteiger partial charge in [0.25, 0.3) is 0 Å². The van der Waals surface area contributed by atoms with E-state index in [1.807, 2.05) is 0 Å². The summed E-state index contributed by atoms with van der Waals surface area (Å²) in [4.78, 5) is 19.6. The van der Waals surface area contributed by atoms with Gasteiger partial charge in [0, 0.05) is 57.2 Å². The third-order valence-corrected chi connectivity index (χ3v) is 7.79. The lowest BCUT2D eigenvalue weighted by atomic mass is 9.74. The lowest BCUT2D eigenvalue weighted by Crippen LogP contribution is -2.52. The largest absolute Gasteiger partial charge is 0.417 e. The van der Waals surface area contributed by atoms with E-state index in [4.69, 9.17) is 9.47 Å². The van der Waals surface area contributed by atoms with Crippen molar-refractivity contribution in [1.29, 1.82) is 0 Å². The normalized spacial score (nSPS) is 30.5. The number of amides is 1. The van der Waals surface area contributed by atoms with E-state index in [0.717, 1.165) is 37.9 Å². The van der Waals surface area contributed by atoms with Crippen molar-refractivity contribution in [1.82, 2.24) is 15.2 Å². The lowest BCUT2D eigenvalue weighted by molar-refractivity contribution is -0.146. The maximum atomic E-state index is 13.8. The second kappa shape index (κ2) is 9.50. The highest BCUT2D eigenvalue weighted by molar-refractivity contribution is 5.83. The van der Waals surface area contributed by atoms with Gasteiger partial charge >= 0.3 is 6.18 Å². The Morgan fingerprint density at radius 1 is 1.36 bits per heavy atom. The quantitative estimate of drug-likeness (QED) is 0.714. The molecule has 1 saturated carbocycles. The highest BCUT2D eigenvalue weighted by Gasteiger charge is 2.50. The van der Waals surface area contributed by atoms with Crippen molar-refractivity contribution in [2.45, 2.75) is 76.9 Å². The van der Waals surface area contributed by atoms with Crippen LogP contribution in [0.5, 0.6) is 0 Å². The Hall–Kier alpha value is -1.71. The number of alkyl halides is 3. The lowest BCUT2D eigenvalue weighted by Gasteiger charge is -2.40. The molecule has 2 fully saturated rings. The number of halogens is 3. The van der Waals surface area contributed by atoms with Crippen LogP contribution in [0.2, 0.25) is 0 Å². The SMILES string of the molecule is CO[C@H]1COCC[C@@H]1N[C@H]1CC[C@@](C(=O)N2CCc3ncc(C(F)(F)F)cc3C2)(C(C)C)C1. The number of nitrogens with zero attached hydrogens (tertiary/aromatic N) is 2. The molecule has 1 aromatic rings. The van der Waals surface area contributed by atoms with E-state index in [1.54, 1.807) is 12.0 Å². The van der Waals surface area contributed by atoms with Crippen LogP contribution >= 0.6 is 0 Å². The molecule has 0 aromatic carbocycles. The maximum Gasteiger partial charge on any atom is 0.417 e. The summed E-state index contributed by atoms with van der Waals surface area (Å²) in [7, 11) is 1.69. The van der Waals surface area contributed by atoms with Gasteiger partial charge in [0.15, 0.2) is 0 Å². The van der Waals surface area contributed by atoms with Gasteiger partial charge in [0.05, 0.1) is 23.7 Å². The highest BCUT2D eigenvalue weighted by atomic mass is 19.4. The first-order valence-corrected chi connectivity index (χ1v) is 11.8. The summed E-state index contributed by atoms with van der Waals surface area (Å²) in [6.45, 7) is 6.09. The number of hydrogen-bond acceptors (Lipinski definition) is 5. The number of carbonyl (C=O) groups excluding carboxylic acids is 1. The molecule has 1 aromatic heterocycles. The molecule has 3 aliphatic rings. The van der Waals surface area contributed by atoms with Gasteiger partial charge in [-0.3, -0.25) is 9.78 Å². The summed E-state index contributed by atoms with van der Waals surface area (Å²) < 4.78 is 50.6. The molecule has 4 atom stereocenters. The van der Waals surface area contributed by atoms with Gasteiger partial charge in [-0.15, -0.1) is 0 Å². The summed E-state index contributed by atoms with van der Waals surface area (Å²) in [5.74, 6) is 0.186. The summed E-state index contributed by atoms with van der Waals surface area (Å²) >= 11 is 0. The molecule has 1 saturated heterocycles. The van der Waals surface area contributed by atoms with Crippen LogP contribution in [0.4, 0.5) is 13.2 Å². The first-order valence-electron chi connectivity index (χ1n) is 11.8. The zero-order valence-corrected chi connectivity index (χ0v) is 19.6. The molecule has 3 heterocycles. The molecule has 1 amide bonds. The van der Waals surface area contributed by atoms with Gasteiger partial charge in [-0.2, -0.15) is 13.2 Å². The molecule has 1 N–H and O–H groups in total. The molecule has 184 valence electrons. The van der Waals surface area contributed by atoms with Crippen LogP contribution in [0.3, 0.4) is 0 Å². The summed E-state index contributed by atoms with van der Waals surface area (Å²) in [5, 5.41) is 3.72. The fourth-order valence-electron chi connectivity index (χ4n) is 5.69. The van der Waals surface area contributed by atoms with Gasteiger partial charge in [-0.05, 0) is 43.2 Å². The molecule has 4 rings (SSSR count). The van der Waals surface area contributed by atoms with Crippen LogP contribution in [-0.2, 0) is 33.4 Å². The number of carbonyl (C=O) groups is 1. The van der Waals surface area contributed by atoms with Crippen molar-refractivity contribution in [3.8, 4) is 0 Å². The topological polar surface area (TPSA) is 63.7 Å². The molecule has 33 heavy (non-hydrogen) atoms. The van der Waals surface area contributed by atoms with Gasteiger partial charge in [-0.1, -0.05) is 13.8 Å². The van der Waals surface area contributed by atoms with Gasteiger partial charge < -0.3 is 19.7 Å². The van der Waals surface area contributed by atoms with E-state index in [2.05, 4.69) is 24.1 Å². The van der Waals surface area contributed by atoms with Crippen molar-refractivity contribution >= 4 is 5.91 Å². The van der Waals surface area contributed by atoms with Crippen LogP contribution in [0.1, 0.15) is 56.4 Å². The zero-order chi connectivity index (χ0) is 23.8. The van der Waals surface area contributed by atoms with Gasteiger partial charge in [0.1, 0.15) is 0 Å². The minimum Gasteiger partial charge on any atom is -0.379 e. The van der Waals surface area contributed by atoms with Crippen LogP contribution in [0.15, 0.2) is 12.3 Å². The Morgan fingerprint density at radius 2 is 2.15 bits per heavy atom. The van der Waals surface area contributed by atoms with Crippen molar-refractivity contribution in [3.63, 3.8) is 0 Å². The maximum absolute atomic E-state index is 13.8. The number of rotatable bonds is 5. The predicted molar refractivity (Wildman–Crippen MR) is 116 cm³/mol. The number of aromatic nitrogens is 1. The monoisotopic (exact) mass is 469 g/mol. The van der Waals surface area contributed by atoms with Crippen LogP contribution in [0, 0.1) is 11.3 Å². The van der Waals surface area contributed by atoms with Crippen molar-refractivity contribution in [2.75, 3.05) is 26.9 Å². The second-order valence-electron chi connectivity index (χ2n) is 9.97. The Labute approximate surface area is 193 Å². The van der Waals surface area contributed by atoms with E-state index in [1.165, 1.54) is 0 Å². The molecule has 0 bridgehead atoms. The smallest absolute Gasteiger partial charge is 0.379 e. The highest BCUT2D eigenvalue weighted by Crippen LogP contribution is 2.47. The van der Waals surface area contributed by atoms with E-state index >= 15 is 0 Å². The molecule has 2 aliphatic heterocycles.